The average molecular weight is 284 g/mol. The first kappa shape index (κ1) is 18.2. The number of nitrogens with one attached hydrogen (secondary N) is 1. The predicted molar refractivity (Wildman–Crippen MR) is 66.9 cm³/mol. The number of hydrogen-bond donors (Lipinski definition) is 1. The highest BCUT2D eigenvalue weighted by Gasteiger charge is 2.32. The standard InChI is InChI=1S/C12H23F3N2O2/c1-4-7-16-10(11(18)19-6-3)8-17(5-2)9-12(13,14)15/h10,16H,4-9H2,1-3H3. The predicted octanol–water partition coefficient (Wildman–Crippen LogP) is 1.80. The molecule has 0 aromatic heterocycles. The van der Waals surface area contributed by atoms with Crippen molar-refractivity contribution in [3.8, 4) is 0 Å². The van der Waals surface area contributed by atoms with E-state index in [1.54, 1.807) is 13.8 Å². The largest absolute Gasteiger partial charge is 0.465 e. The number of nitrogens with zero attached hydrogens (tertiary/aromatic N) is 1. The van der Waals surface area contributed by atoms with Gasteiger partial charge in [0.25, 0.3) is 0 Å². The molecule has 7 heteroatoms. The van der Waals surface area contributed by atoms with Crippen molar-refractivity contribution in [1.82, 2.24) is 10.2 Å². The summed E-state index contributed by atoms with van der Waals surface area (Å²) in [6, 6.07) is -0.720. The molecule has 0 rings (SSSR count). The Labute approximate surface area is 112 Å². The molecule has 0 bridgehead atoms. The zero-order chi connectivity index (χ0) is 14.9. The molecule has 0 aliphatic carbocycles. The molecule has 114 valence electrons. The molecular weight excluding hydrogens is 261 g/mol. The maximum absolute atomic E-state index is 12.4. The number of carbonyl (C=O) groups is 1. The van der Waals surface area contributed by atoms with Gasteiger partial charge in [-0.25, -0.2) is 0 Å². The molecule has 0 amide bonds. The van der Waals surface area contributed by atoms with E-state index in [0.717, 1.165) is 6.42 Å². The van der Waals surface area contributed by atoms with Gasteiger partial charge < -0.3 is 10.1 Å². The van der Waals surface area contributed by atoms with Crippen molar-refractivity contribution in [3.05, 3.63) is 0 Å². The summed E-state index contributed by atoms with van der Waals surface area (Å²) in [5.74, 6) is -0.503. The molecule has 0 saturated heterocycles. The first-order valence-electron chi connectivity index (χ1n) is 6.53. The van der Waals surface area contributed by atoms with Gasteiger partial charge >= 0.3 is 12.1 Å². The molecule has 0 radical (unpaired) electrons. The van der Waals surface area contributed by atoms with Crippen LogP contribution < -0.4 is 5.32 Å². The topological polar surface area (TPSA) is 41.6 Å². The van der Waals surface area contributed by atoms with Crippen LogP contribution in [0.25, 0.3) is 0 Å². The summed E-state index contributed by atoms with van der Waals surface area (Å²) < 4.78 is 42.0. The van der Waals surface area contributed by atoms with Crippen LogP contribution in [0.15, 0.2) is 0 Å². The van der Waals surface area contributed by atoms with Crippen molar-refractivity contribution in [2.24, 2.45) is 0 Å². The van der Waals surface area contributed by atoms with Gasteiger partial charge in [0, 0.05) is 6.54 Å². The zero-order valence-electron chi connectivity index (χ0n) is 11.7. The summed E-state index contributed by atoms with van der Waals surface area (Å²) in [5.41, 5.74) is 0. The summed E-state index contributed by atoms with van der Waals surface area (Å²) in [4.78, 5) is 12.9. The van der Waals surface area contributed by atoms with Crippen LogP contribution in [0, 0.1) is 0 Å². The van der Waals surface area contributed by atoms with Crippen molar-refractivity contribution in [2.45, 2.75) is 39.4 Å². The van der Waals surface area contributed by atoms with E-state index in [0.29, 0.717) is 6.54 Å². The maximum Gasteiger partial charge on any atom is 0.401 e. The summed E-state index contributed by atoms with van der Waals surface area (Å²) in [6.45, 7) is 5.20. The smallest absolute Gasteiger partial charge is 0.401 e. The van der Waals surface area contributed by atoms with Gasteiger partial charge in [0.1, 0.15) is 6.04 Å². The van der Waals surface area contributed by atoms with Crippen LogP contribution in [0.1, 0.15) is 27.2 Å². The lowest BCUT2D eigenvalue weighted by molar-refractivity contribution is -0.154. The van der Waals surface area contributed by atoms with E-state index in [9.17, 15) is 18.0 Å². The van der Waals surface area contributed by atoms with Gasteiger partial charge in [-0.1, -0.05) is 13.8 Å². The Hall–Kier alpha value is -0.820. The third kappa shape index (κ3) is 8.83. The lowest BCUT2D eigenvalue weighted by Gasteiger charge is -2.26. The number of likely N-dealkylation sites (N-methyl/N-ethyl adjacent to an activating group) is 1. The van der Waals surface area contributed by atoms with Crippen LogP contribution in [0.5, 0.6) is 0 Å². The lowest BCUT2D eigenvalue weighted by atomic mass is 10.2. The summed E-state index contributed by atoms with van der Waals surface area (Å²) in [6.07, 6.45) is -3.47. The minimum Gasteiger partial charge on any atom is -0.465 e. The maximum atomic E-state index is 12.4. The Morgan fingerprint density at radius 2 is 1.95 bits per heavy atom. The van der Waals surface area contributed by atoms with E-state index in [4.69, 9.17) is 4.74 Å². The number of esters is 1. The fourth-order valence-electron chi connectivity index (χ4n) is 1.60. The summed E-state index contributed by atoms with van der Waals surface area (Å²) in [7, 11) is 0. The van der Waals surface area contributed by atoms with E-state index in [2.05, 4.69) is 5.32 Å². The van der Waals surface area contributed by atoms with E-state index in [-0.39, 0.29) is 19.7 Å². The summed E-state index contributed by atoms with van der Waals surface area (Å²) in [5, 5.41) is 2.92. The van der Waals surface area contributed by atoms with Crippen LogP contribution in [-0.2, 0) is 9.53 Å². The molecule has 1 N–H and O–H groups in total. The second-order valence-electron chi connectivity index (χ2n) is 4.20. The van der Waals surface area contributed by atoms with Crippen molar-refractivity contribution in [1.29, 1.82) is 0 Å². The molecule has 0 saturated carbocycles. The fourth-order valence-corrected chi connectivity index (χ4v) is 1.60. The normalized spacial score (nSPS) is 13.6. The van der Waals surface area contributed by atoms with E-state index in [1.807, 2.05) is 6.92 Å². The molecule has 0 aromatic rings. The van der Waals surface area contributed by atoms with Crippen molar-refractivity contribution in [3.63, 3.8) is 0 Å². The Balaban J connectivity index is 4.53. The van der Waals surface area contributed by atoms with Crippen LogP contribution in [-0.4, -0.2) is 55.9 Å². The van der Waals surface area contributed by atoms with Gasteiger partial charge in [0.15, 0.2) is 0 Å². The van der Waals surface area contributed by atoms with Gasteiger partial charge in [0.05, 0.1) is 13.2 Å². The van der Waals surface area contributed by atoms with Gasteiger partial charge in [-0.3, -0.25) is 9.69 Å². The Morgan fingerprint density at radius 1 is 1.32 bits per heavy atom. The van der Waals surface area contributed by atoms with Gasteiger partial charge in [-0.2, -0.15) is 13.2 Å². The number of carbonyl (C=O) groups excluding carboxylic acids is 1. The number of rotatable bonds is 9. The first-order valence-corrected chi connectivity index (χ1v) is 6.53. The average Bonchev–Trinajstić information content (AvgIpc) is 2.31. The number of halogens is 3. The molecular formula is C12H23F3N2O2. The van der Waals surface area contributed by atoms with Crippen LogP contribution in [0.4, 0.5) is 13.2 Å². The number of ether oxygens (including phenoxy) is 1. The zero-order valence-corrected chi connectivity index (χ0v) is 11.7. The fraction of sp³-hybridized carbons (Fsp3) is 0.917. The van der Waals surface area contributed by atoms with Crippen molar-refractivity contribution < 1.29 is 22.7 Å². The highest BCUT2D eigenvalue weighted by atomic mass is 19.4. The van der Waals surface area contributed by atoms with Gasteiger partial charge in [0.2, 0.25) is 0 Å². The van der Waals surface area contributed by atoms with Crippen LogP contribution in [0.2, 0.25) is 0 Å². The van der Waals surface area contributed by atoms with E-state index < -0.39 is 24.7 Å². The van der Waals surface area contributed by atoms with E-state index >= 15 is 0 Å². The third-order valence-electron chi connectivity index (χ3n) is 2.50. The molecule has 0 fully saturated rings. The van der Waals surface area contributed by atoms with E-state index in [1.165, 1.54) is 4.90 Å². The SMILES string of the molecule is CCCNC(CN(CC)CC(F)(F)F)C(=O)OCC. The highest BCUT2D eigenvalue weighted by molar-refractivity contribution is 5.76. The van der Waals surface area contributed by atoms with Gasteiger partial charge in [-0.05, 0) is 26.4 Å². The quantitative estimate of drug-likeness (QED) is 0.656. The third-order valence-corrected chi connectivity index (χ3v) is 2.50. The Morgan fingerprint density at radius 3 is 2.37 bits per heavy atom. The molecule has 0 spiro atoms. The van der Waals surface area contributed by atoms with Crippen molar-refractivity contribution >= 4 is 5.97 Å². The molecule has 1 unspecified atom stereocenters. The number of alkyl halides is 3. The molecule has 0 aliphatic rings. The Bertz CT molecular complexity index is 260. The molecule has 0 aliphatic heterocycles. The first-order chi connectivity index (χ1) is 8.84. The Kier molecular flexibility index (Phi) is 8.75. The lowest BCUT2D eigenvalue weighted by Crippen LogP contribution is -2.49. The molecule has 1 atom stereocenters. The second-order valence-corrected chi connectivity index (χ2v) is 4.20. The number of hydrogen-bond acceptors (Lipinski definition) is 4. The van der Waals surface area contributed by atoms with Gasteiger partial charge in [-0.15, -0.1) is 0 Å². The molecule has 0 heterocycles. The molecule has 0 aromatic carbocycles. The van der Waals surface area contributed by atoms with Crippen LogP contribution >= 0.6 is 0 Å². The molecule has 19 heavy (non-hydrogen) atoms. The monoisotopic (exact) mass is 284 g/mol. The second kappa shape index (κ2) is 9.14. The summed E-state index contributed by atoms with van der Waals surface area (Å²) >= 11 is 0. The highest BCUT2D eigenvalue weighted by Crippen LogP contribution is 2.16. The molecule has 4 nitrogen and oxygen atoms in total. The minimum atomic E-state index is -4.26. The van der Waals surface area contributed by atoms with Crippen LogP contribution in [0.3, 0.4) is 0 Å². The minimum absolute atomic E-state index is 0.00512. The van der Waals surface area contributed by atoms with Crippen molar-refractivity contribution in [2.75, 3.05) is 32.8 Å².